The number of β-amino-alcohol motifs (C(OH)–C–C–N with tert-alkyl or cyclic N) is 1. The molecule has 0 saturated carbocycles. The average Bonchev–Trinajstić information content (AvgIpc) is 2.90. The molecular weight excluding hydrogens is 333 g/mol. The highest BCUT2D eigenvalue weighted by Gasteiger charge is 2.33. The molecule has 1 aromatic carbocycles. The van der Waals surface area contributed by atoms with Crippen LogP contribution in [-0.4, -0.2) is 40.1 Å². The lowest BCUT2D eigenvalue weighted by Crippen LogP contribution is -2.34. The van der Waals surface area contributed by atoms with E-state index in [-0.39, 0.29) is 24.3 Å². The third kappa shape index (κ3) is 4.08. The fraction of sp³-hybridized carbons (Fsp3) is 0.294. The summed E-state index contributed by atoms with van der Waals surface area (Å²) in [5.41, 5.74) is 0.880. The van der Waals surface area contributed by atoms with Crippen LogP contribution in [-0.2, 0) is 4.79 Å². The van der Waals surface area contributed by atoms with Crippen LogP contribution in [0.1, 0.15) is 18.0 Å². The Morgan fingerprint density at radius 3 is 2.75 bits per heavy atom. The van der Waals surface area contributed by atoms with Crippen LogP contribution in [0.2, 0.25) is 5.02 Å². The lowest BCUT2D eigenvalue weighted by atomic mass is 10.0. The molecule has 1 aliphatic rings. The molecule has 0 radical (unpaired) electrons. The van der Waals surface area contributed by atoms with Crippen molar-refractivity contribution in [3.8, 4) is 0 Å². The average molecular weight is 350 g/mol. The summed E-state index contributed by atoms with van der Waals surface area (Å²) in [7, 11) is 0. The molecule has 1 aliphatic heterocycles. The number of aliphatic hydroxyl groups is 1. The molecule has 2 atom stereocenters. The van der Waals surface area contributed by atoms with Gasteiger partial charge in [0.25, 0.3) is 0 Å². The molecule has 2 aromatic rings. The van der Waals surface area contributed by atoms with Crippen molar-refractivity contribution < 1.29 is 14.3 Å². The van der Waals surface area contributed by atoms with Crippen LogP contribution in [0.5, 0.6) is 0 Å². The predicted molar refractivity (Wildman–Crippen MR) is 89.2 cm³/mol. The summed E-state index contributed by atoms with van der Waals surface area (Å²) < 4.78 is 13.1. The maximum absolute atomic E-state index is 13.1. The zero-order valence-corrected chi connectivity index (χ0v) is 13.6. The van der Waals surface area contributed by atoms with Gasteiger partial charge in [0.05, 0.1) is 17.7 Å². The smallest absolute Gasteiger partial charge is 0.239 e. The molecule has 5 nitrogen and oxygen atoms in total. The Labute approximate surface area is 144 Å². The molecule has 1 fully saturated rings. The first-order chi connectivity index (χ1) is 11.5. The van der Waals surface area contributed by atoms with Crippen molar-refractivity contribution >= 4 is 23.3 Å². The summed E-state index contributed by atoms with van der Waals surface area (Å²) in [4.78, 5) is 18.1. The lowest BCUT2D eigenvalue weighted by Gasteiger charge is -2.23. The van der Waals surface area contributed by atoms with Gasteiger partial charge in [-0.2, -0.15) is 0 Å². The van der Waals surface area contributed by atoms with E-state index in [2.05, 4.69) is 10.3 Å². The number of rotatable bonds is 4. The number of nitrogens with zero attached hydrogens (tertiary/aromatic N) is 2. The van der Waals surface area contributed by atoms with Gasteiger partial charge in [-0.15, -0.1) is 0 Å². The highest BCUT2D eigenvalue weighted by atomic mass is 35.5. The molecular formula is C17H17ClFN3O2. The van der Waals surface area contributed by atoms with Crippen LogP contribution in [0.3, 0.4) is 0 Å². The van der Waals surface area contributed by atoms with Crippen LogP contribution in [0.25, 0.3) is 0 Å². The fourth-order valence-electron chi connectivity index (χ4n) is 2.90. The Bertz CT molecular complexity index is 709. The second kappa shape index (κ2) is 7.25. The second-order valence-corrected chi connectivity index (χ2v) is 6.23. The number of likely N-dealkylation sites (tertiary alicyclic amines) is 1. The number of halogens is 2. The number of hydrogen-bond acceptors (Lipinski definition) is 4. The molecule has 0 aliphatic carbocycles. The van der Waals surface area contributed by atoms with E-state index >= 15 is 0 Å². The van der Waals surface area contributed by atoms with E-state index in [1.807, 2.05) is 4.90 Å². The number of amides is 1. The Kier molecular flexibility index (Phi) is 5.08. The molecule has 24 heavy (non-hydrogen) atoms. The van der Waals surface area contributed by atoms with E-state index in [4.69, 9.17) is 11.6 Å². The molecule has 0 bridgehead atoms. The highest BCUT2D eigenvalue weighted by molar-refractivity contribution is 6.30. The summed E-state index contributed by atoms with van der Waals surface area (Å²) in [5.74, 6) is -0.121. The number of nitrogens with one attached hydrogen (secondary N) is 1. The van der Waals surface area contributed by atoms with Gasteiger partial charge in [0, 0.05) is 18.8 Å². The van der Waals surface area contributed by atoms with Gasteiger partial charge in [-0.25, -0.2) is 9.37 Å². The van der Waals surface area contributed by atoms with Gasteiger partial charge in [0.15, 0.2) is 0 Å². The van der Waals surface area contributed by atoms with Crippen molar-refractivity contribution in [2.45, 2.75) is 18.6 Å². The van der Waals surface area contributed by atoms with Crippen molar-refractivity contribution in [1.82, 2.24) is 9.88 Å². The highest BCUT2D eigenvalue weighted by Crippen LogP contribution is 2.31. The minimum Gasteiger partial charge on any atom is -0.392 e. The first kappa shape index (κ1) is 16.8. The van der Waals surface area contributed by atoms with Gasteiger partial charge < -0.3 is 10.4 Å². The minimum absolute atomic E-state index is 0.114. The molecule has 2 heterocycles. The third-order valence-electron chi connectivity index (χ3n) is 3.98. The number of hydrogen-bond donors (Lipinski definition) is 2. The Hall–Kier alpha value is -2.02. The third-order valence-corrected chi connectivity index (χ3v) is 4.20. The van der Waals surface area contributed by atoms with Gasteiger partial charge in [0.1, 0.15) is 11.6 Å². The molecule has 1 amide bonds. The van der Waals surface area contributed by atoms with E-state index in [1.54, 1.807) is 24.3 Å². The number of aromatic nitrogens is 1. The summed E-state index contributed by atoms with van der Waals surface area (Å²) in [5, 5.41) is 13.1. The molecule has 0 spiro atoms. The molecule has 2 N–H and O–H groups in total. The van der Waals surface area contributed by atoms with Gasteiger partial charge >= 0.3 is 0 Å². The standard InChI is InChI=1S/C17H17ClFN3O2/c18-12-3-6-16(20-8-12)21-17(24)10-22-9-14(23)7-15(22)11-1-4-13(19)5-2-11/h1-6,8,14-15,23H,7,9-10H2,(H,20,21,24)/t14-,15-/m1/s1. The minimum atomic E-state index is -0.512. The quantitative estimate of drug-likeness (QED) is 0.890. The van der Waals surface area contributed by atoms with Crippen LogP contribution in [0.15, 0.2) is 42.6 Å². The Morgan fingerprint density at radius 2 is 2.08 bits per heavy atom. The van der Waals surface area contributed by atoms with E-state index < -0.39 is 6.10 Å². The van der Waals surface area contributed by atoms with E-state index in [0.29, 0.717) is 23.8 Å². The number of anilines is 1. The summed E-state index contributed by atoms with van der Waals surface area (Å²) >= 11 is 5.76. The zero-order valence-electron chi connectivity index (χ0n) is 12.8. The predicted octanol–water partition coefficient (Wildman–Crippen LogP) is 2.62. The number of carbonyl (C=O) groups excluding carboxylic acids is 1. The second-order valence-electron chi connectivity index (χ2n) is 5.80. The van der Waals surface area contributed by atoms with Crippen molar-refractivity contribution in [1.29, 1.82) is 0 Å². The summed E-state index contributed by atoms with van der Waals surface area (Å²) in [6, 6.07) is 9.28. The monoisotopic (exact) mass is 349 g/mol. The normalized spacial score (nSPS) is 21.0. The number of aliphatic hydroxyl groups excluding tert-OH is 1. The molecule has 126 valence electrons. The fourth-order valence-corrected chi connectivity index (χ4v) is 3.01. The van der Waals surface area contributed by atoms with E-state index in [0.717, 1.165) is 5.56 Å². The van der Waals surface area contributed by atoms with Gasteiger partial charge in [0.2, 0.25) is 5.91 Å². The largest absolute Gasteiger partial charge is 0.392 e. The summed E-state index contributed by atoms with van der Waals surface area (Å²) in [6.45, 7) is 0.507. The van der Waals surface area contributed by atoms with E-state index in [1.165, 1.54) is 18.3 Å². The van der Waals surface area contributed by atoms with Crippen molar-refractivity contribution in [3.63, 3.8) is 0 Å². The number of pyridine rings is 1. The maximum atomic E-state index is 13.1. The van der Waals surface area contributed by atoms with Gasteiger partial charge in [-0.05, 0) is 36.2 Å². The van der Waals surface area contributed by atoms with Crippen LogP contribution >= 0.6 is 11.6 Å². The topological polar surface area (TPSA) is 65.5 Å². The number of benzene rings is 1. The van der Waals surface area contributed by atoms with Crippen molar-refractivity contribution in [3.05, 3.63) is 59.0 Å². The van der Waals surface area contributed by atoms with E-state index in [9.17, 15) is 14.3 Å². The summed E-state index contributed by atoms with van der Waals surface area (Å²) in [6.07, 6.45) is 1.46. The first-order valence-electron chi connectivity index (χ1n) is 7.60. The maximum Gasteiger partial charge on any atom is 0.239 e. The van der Waals surface area contributed by atoms with Gasteiger partial charge in [-0.1, -0.05) is 23.7 Å². The van der Waals surface area contributed by atoms with Gasteiger partial charge in [-0.3, -0.25) is 9.69 Å². The van der Waals surface area contributed by atoms with Crippen LogP contribution in [0.4, 0.5) is 10.2 Å². The molecule has 1 saturated heterocycles. The van der Waals surface area contributed by atoms with Crippen LogP contribution in [0, 0.1) is 5.82 Å². The SMILES string of the molecule is O=C(CN1C[C@H](O)C[C@@H]1c1ccc(F)cc1)Nc1ccc(Cl)cn1. The van der Waals surface area contributed by atoms with Crippen molar-refractivity contribution in [2.75, 3.05) is 18.4 Å². The van der Waals surface area contributed by atoms with Crippen LogP contribution < -0.4 is 5.32 Å². The lowest BCUT2D eigenvalue weighted by molar-refractivity contribution is -0.117. The molecule has 7 heteroatoms. The first-order valence-corrected chi connectivity index (χ1v) is 7.98. The zero-order chi connectivity index (χ0) is 17.1. The molecule has 0 unspecified atom stereocenters. The molecule has 3 rings (SSSR count). The number of carbonyl (C=O) groups is 1. The van der Waals surface area contributed by atoms with Crippen molar-refractivity contribution in [2.24, 2.45) is 0 Å². The molecule has 1 aromatic heterocycles. The Balaban J connectivity index is 1.66. The Morgan fingerprint density at radius 1 is 1.33 bits per heavy atom.